The quantitative estimate of drug-likeness (QED) is 0.841. The lowest BCUT2D eigenvalue weighted by Crippen LogP contribution is -2.47. The lowest BCUT2D eigenvalue weighted by molar-refractivity contribution is -0.136. The van der Waals surface area contributed by atoms with Crippen molar-refractivity contribution in [1.82, 2.24) is 14.5 Å². The Hall–Kier alpha value is -1.93. The third-order valence-electron chi connectivity index (χ3n) is 4.99. The van der Waals surface area contributed by atoms with E-state index >= 15 is 0 Å². The summed E-state index contributed by atoms with van der Waals surface area (Å²) in [6.07, 6.45) is 2.47. The van der Waals surface area contributed by atoms with Crippen molar-refractivity contribution in [3.8, 4) is 0 Å². The molecule has 0 spiro atoms. The molecule has 3 rings (SSSR count). The molecule has 2 aliphatic heterocycles. The van der Waals surface area contributed by atoms with Crippen LogP contribution >= 0.6 is 0 Å². The normalized spacial score (nSPS) is 19.1. The molecule has 1 aromatic carbocycles. The molecule has 0 bridgehead atoms. The smallest absolute Gasteiger partial charge is 0.245 e. The Morgan fingerprint density at radius 1 is 1.12 bits per heavy atom. The van der Waals surface area contributed by atoms with Gasteiger partial charge in [-0.25, -0.2) is 8.42 Å². The van der Waals surface area contributed by atoms with Crippen molar-refractivity contribution in [3.63, 3.8) is 0 Å². The predicted molar refractivity (Wildman–Crippen MR) is 96.8 cm³/mol. The topological polar surface area (TPSA) is 86.8 Å². The van der Waals surface area contributed by atoms with Crippen LogP contribution in [0.1, 0.15) is 37.8 Å². The van der Waals surface area contributed by atoms with E-state index in [2.05, 4.69) is 5.32 Å². The minimum Gasteiger partial charge on any atom is -0.345 e. The zero-order valence-electron chi connectivity index (χ0n) is 15.2. The summed E-state index contributed by atoms with van der Waals surface area (Å²) in [5, 5.41) is 2.60. The SMILES string of the molecule is CC(=O)N[C@@H](C)C(=O)N1CCc2ccc(S(=O)(=O)N3CCCC3)cc2C1. The first-order chi connectivity index (χ1) is 12.3. The summed E-state index contributed by atoms with van der Waals surface area (Å²) in [6, 6.07) is 4.64. The lowest BCUT2D eigenvalue weighted by atomic mass is 9.99. The molecule has 2 heterocycles. The standard InChI is InChI=1S/C18H25N3O4S/c1-13(19-14(2)22)18(23)20-10-7-15-5-6-17(11-16(15)12-20)26(24,25)21-8-3-4-9-21/h5-6,11,13H,3-4,7-10,12H2,1-2H3,(H,19,22)/t13-/m0/s1. The second-order valence-corrected chi connectivity index (χ2v) is 8.91. The highest BCUT2D eigenvalue weighted by molar-refractivity contribution is 7.89. The van der Waals surface area contributed by atoms with Crippen molar-refractivity contribution in [2.24, 2.45) is 0 Å². The van der Waals surface area contributed by atoms with E-state index in [1.165, 1.54) is 11.2 Å². The minimum atomic E-state index is -3.47. The molecule has 7 nitrogen and oxygen atoms in total. The Bertz CT molecular complexity index is 816. The number of nitrogens with one attached hydrogen (secondary N) is 1. The summed E-state index contributed by atoms with van der Waals surface area (Å²) in [4.78, 5) is 25.7. The molecule has 0 radical (unpaired) electrons. The molecule has 0 aromatic heterocycles. The van der Waals surface area contributed by atoms with E-state index in [1.807, 2.05) is 6.07 Å². The van der Waals surface area contributed by atoms with Gasteiger partial charge in [0.05, 0.1) is 4.90 Å². The highest BCUT2D eigenvalue weighted by Gasteiger charge is 2.30. The maximum Gasteiger partial charge on any atom is 0.245 e. The lowest BCUT2D eigenvalue weighted by Gasteiger charge is -2.31. The van der Waals surface area contributed by atoms with Crippen LogP contribution in [0.3, 0.4) is 0 Å². The second kappa shape index (κ2) is 7.36. The Morgan fingerprint density at radius 3 is 2.46 bits per heavy atom. The average molecular weight is 379 g/mol. The van der Waals surface area contributed by atoms with Gasteiger partial charge in [-0.05, 0) is 49.4 Å². The minimum absolute atomic E-state index is 0.154. The summed E-state index contributed by atoms with van der Waals surface area (Å²) >= 11 is 0. The van der Waals surface area contributed by atoms with Gasteiger partial charge < -0.3 is 10.2 Å². The van der Waals surface area contributed by atoms with E-state index in [1.54, 1.807) is 24.0 Å². The van der Waals surface area contributed by atoms with Crippen molar-refractivity contribution in [2.45, 2.75) is 50.6 Å². The number of carbonyl (C=O) groups excluding carboxylic acids is 2. The van der Waals surface area contributed by atoms with Gasteiger partial charge in [0, 0.05) is 33.1 Å². The molecule has 1 saturated heterocycles. The highest BCUT2D eigenvalue weighted by atomic mass is 32.2. The summed E-state index contributed by atoms with van der Waals surface area (Å²) in [5.74, 6) is -0.402. The monoisotopic (exact) mass is 379 g/mol. The van der Waals surface area contributed by atoms with Gasteiger partial charge in [0.25, 0.3) is 0 Å². The Balaban J connectivity index is 1.80. The summed E-state index contributed by atoms with van der Waals surface area (Å²) in [5.41, 5.74) is 1.93. The molecule has 1 fully saturated rings. The summed E-state index contributed by atoms with van der Waals surface area (Å²) in [7, 11) is -3.47. The number of carbonyl (C=O) groups is 2. The van der Waals surface area contributed by atoms with Crippen LogP contribution < -0.4 is 5.32 Å². The molecule has 2 amide bonds. The van der Waals surface area contributed by atoms with Crippen molar-refractivity contribution < 1.29 is 18.0 Å². The van der Waals surface area contributed by atoms with E-state index < -0.39 is 16.1 Å². The van der Waals surface area contributed by atoms with Gasteiger partial charge in [-0.3, -0.25) is 9.59 Å². The first-order valence-electron chi connectivity index (χ1n) is 8.97. The third kappa shape index (κ3) is 3.76. The predicted octanol–water partition coefficient (Wildman–Crippen LogP) is 0.880. The number of benzene rings is 1. The number of sulfonamides is 1. The molecular weight excluding hydrogens is 354 g/mol. The molecule has 1 aromatic rings. The van der Waals surface area contributed by atoms with Crippen molar-refractivity contribution >= 4 is 21.8 Å². The summed E-state index contributed by atoms with van der Waals surface area (Å²) < 4.78 is 27.1. The van der Waals surface area contributed by atoms with E-state index in [9.17, 15) is 18.0 Å². The number of hydrogen-bond acceptors (Lipinski definition) is 4. The molecular formula is C18H25N3O4S. The van der Waals surface area contributed by atoms with Crippen LogP contribution in [0.2, 0.25) is 0 Å². The van der Waals surface area contributed by atoms with Crippen molar-refractivity contribution in [1.29, 1.82) is 0 Å². The molecule has 2 aliphatic rings. The molecule has 0 unspecified atom stereocenters. The van der Waals surface area contributed by atoms with Crippen LogP contribution in [-0.2, 0) is 32.6 Å². The molecule has 0 saturated carbocycles. The Labute approximate surface area is 154 Å². The number of fused-ring (bicyclic) bond motifs is 1. The van der Waals surface area contributed by atoms with Crippen LogP contribution in [0.4, 0.5) is 0 Å². The summed E-state index contributed by atoms with van der Waals surface area (Å²) in [6.45, 7) is 5.10. The number of amides is 2. The first-order valence-corrected chi connectivity index (χ1v) is 10.4. The average Bonchev–Trinajstić information content (AvgIpc) is 3.15. The van der Waals surface area contributed by atoms with E-state index in [0.29, 0.717) is 37.5 Å². The van der Waals surface area contributed by atoms with Gasteiger partial charge >= 0.3 is 0 Å². The third-order valence-corrected chi connectivity index (χ3v) is 6.89. The van der Waals surface area contributed by atoms with Crippen LogP contribution in [0.25, 0.3) is 0 Å². The number of hydrogen-bond donors (Lipinski definition) is 1. The van der Waals surface area contributed by atoms with Crippen LogP contribution in [0.15, 0.2) is 23.1 Å². The largest absolute Gasteiger partial charge is 0.345 e. The van der Waals surface area contributed by atoms with E-state index in [4.69, 9.17) is 0 Å². The molecule has 142 valence electrons. The van der Waals surface area contributed by atoms with Gasteiger partial charge in [-0.2, -0.15) is 4.31 Å². The fourth-order valence-electron chi connectivity index (χ4n) is 3.60. The maximum absolute atomic E-state index is 12.8. The molecule has 1 atom stereocenters. The molecule has 26 heavy (non-hydrogen) atoms. The second-order valence-electron chi connectivity index (χ2n) is 6.97. The van der Waals surface area contributed by atoms with Gasteiger partial charge in [-0.15, -0.1) is 0 Å². The highest BCUT2D eigenvalue weighted by Crippen LogP contribution is 2.26. The molecule has 1 N–H and O–H groups in total. The maximum atomic E-state index is 12.8. The number of nitrogens with zero attached hydrogens (tertiary/aromatic N) is 2. The van der Waals surface area contributed by atoms with Crippen LogP contribution in [0.5, 0.6) is 0 Å². The Kier molecular flexibility index (Phi) is 5.34. The van der Waals surface area contributed by atoms with Crippen LogP contribution in [-0.4, -0.2) is 55.1 Å². The zero-order chi connectivity index (χ0) is 18.9. The van der Waals surface area contributed by atoms with E-state index in [0.717, 1.165) is 24.0 Å². The Morgan fingerprint density at radius 2 is 1.81 bits per heavy atom. The number of rotatable bonds is 4. The zero-order valence-corrected chi connectivity index (χ0v) is 16.0. The van der Waals surface area contributed by atoms with Gasteiger partial charge in [-0.1, -0.05) is 6.07 Å². The van der Waals surface area contributed by atoms with Gasteiger partial charge in [0.2, 0.25) is 21.8 Å². The first kappa shape index (κ1) is 18.8. The fraction of sp³-hybridized carbons (Fsp3) is 0.556. The molecule has 8 heteroatoms. The van der Waals surface area contributed by atoms with Crippen molar-refractivity contribution in [3.05, 3.63) is 29.3 Å². The van der Waals surface area contributed by atoms with E-state index in [-0.39, 0.29) is 11.8 Å². The van der Waals surface area contributed by atoms with Gasteiger partial charge in [0.1, 0.15) is 6.04 Å². The fourth-order valence-corrected chi connectivity index (χ4v) is 5.17. The van der Waals surface area contributed by atoms with Gasteiger partial charge in [0.15, 0.2) is 0 Å². The molecule has 0 aliphatic carbocycles. The van der Waals surface area contributed by atoms with Crippen molar-refractivity contribution in [2.75, 3.05) is 19.6 Å². The van der Waals surface area contributed by atoms with Crippen LogP contribution in [0, 0.1) is 0 Å².